The van der Waals surface area contributed by atoms with Gasteiger partial charge in [-0.15, -0.1) is 0 Å². The van der Waals surface area contributed by atoms with Gasteiger partial charge in [-0.25, -0.2) is 4.79 Å². The summed E-state index contributed by atoms with van der Waals surface area (Å²) in [7, 11) is 0. The lowest BCUT2D eigenvalue weighted by molar-refractivity contribution is -0.130. The zero-order valence-corrected chi connectivity index (χ0v) is 8.27. The largest absolute Gasteiger partial charge is 0.425 e. The van der Waals surface area contributed by atoms with Gasteiger partial charge in [-0.1, -0.05) is 6.58 Å². The third-order valence-electron chi connectivity index (χ3n) is 1.99. The summed E-state index contributed by atoms with van der Waals surface area (Å²) in [6.07, 6.45) is 1.05. The van der Waals surface area contributed by atoms with E-state index in [0.717, 1.165) is 6.08 Å². The van der Waals surface area contributed by atoms with Crippen molar-refractivity contribution in [2.45, 2.75) is 0 Å². The maximum Gasteiger partial charge on any atom is 0.337 e. The fourth-order valence-corrected chi connectivity index (χ4v) is 1.28. The van der Waals surface area contributed by atoms with E-state index in [1.54, 1.807) is 24.3 Å². The highest BCUT2D eigenvalue weighted by atomic mass is 16.6. The first-order chi connectivity index (χ1) is 7.72. The highest BCUT2D eigenvalue weighted by molar-refractivity contribution is 5.85. The second kappa shape index (κ2) is 3.91. The van der Waals surface area contributed by atoms with E-state index in [9.17, 15) is 4.79 Å². The summed E-state index contributed by atoms with van der Waals surface area (Å²) >= 11 is 0. The van der Waals surface area contributed by atoms with Crippen LogP contribution in [0.4, 0.5) is 0 Å². The lowest BCUT2D eigenvalue weighted by Gasteiger charge is -1.92. The molecule has 1 aromatic carbocycles. The Morgan fingerprint density at radius 2 is 2.31 bits per heavy atom. The van der Waals surface area contributed by atoms with E-state index in [0.29, 0.717) is 16.5 Å². The van der Waals surface area contributed by atoms with Crippen LogP contribution < -0.4 is 4.74 Å². The number of hydrogen-bond acceptors (Lipinski definition) is 4. The van der Waals surface area contributed by atoms with Gasteiger partial charge < -0.3 is 9.15 Å². The summed E-state index contributed by atoms with van der Waals surface area (Å²) in [5, 5.41) is 9.42. The summed E-state index contributed by atoms with van der Waals surface area (Å²) in [5.41, 5.74) is 1.08. The number of rotatable bonds is 2. The highest BCUT2D eigenvalue weighted by Crippen LogP contribution is 2.25. The van der Waals surface area contributed by atoms with E-state index in [-0.39, 0.29) is 5.95 Å². The SMILES string of the molecule is C=CC(=O)Oc1cc2cc(C#N)ccc2o1. The Labute approximate surface area is 91.3 Å². The molecule has 0 fully saturated rings. The molecule has 2 aromatic rings. The van der Waals surface area contributed by atoms with E-state index in [1.165, 1.54) is 0 Å². The maximum absolute atomic E-state index is 10.9. The van der Waals surface area contributed by atoms with Crippen molar-refractivity contribution in [2.75, 3.05) is 0 Å². The summed E-state index contributed by atoms with van der Waals surface area (Å²) in [6.45, 7) is 3.28. The first kappa shape index (κ1) is 9.99. The number of hydrogen-bond donors (Lipinski definition) is 0. The Bertz CT molecular complexity index is 604. The molecular formula is C12H7NO3. The molecule has 0 saturated heterocycles. The Kier molecular flexibility index (Phi) is 2.44. The molecule has 0 N–H and O–H groups in total. The maximum atomic E-state index is 10.9. The van der Waals surface area contributed by atoms with Crippen LogP contribution in [-0.4, -0.2) is 5.97 Å². The number of benzene rings is 1. The minimum atomic E-state index is -0.584. The van der Waals surface area contributed by atoms with Crippen molar-refractivity contribution in [3.8, 4) is 12.0 Å². The average Bonchev–Trinajstić information content (AvgIpc) is 2.69. The molecule has 4 nitrogen and oxygen atoms in total. The molecule has 0 radical (unpaired) electrons. The molecule has 0 aliphatic carbocycles. The lowest BCUT2D eigenvalue weighted by Crippen LogP contribution is -2.01. The molecule has 2 rings (SSSR count). The summed E-state index contributed by atoms with van der Waals surface area (Å²) in [6, 6.07) is 8.51. The summed E-state index contributed by atoms with van der Waals surface area (Å²) in [4.78, 5) is 10.9. The quantitative estimate of drug-likeness (QED) is 0.567. The normalized spacial score (nSPS) is 9.69. The fourth-order valence-electron chi connectivity index (χ4n) is 1.28. The van der Waals surface area contributed by atoms with Crippen LogP contribution in [0, 0.1) is 11.3 Å². The van der Waals surface area contributed by atoms with Crippen molar-refractivity contribution in [3.05, 3.63) is 42.5 Å². The molecule has 16 heavy (non-hydrogen) atoms. The lowest BCUT2D eigenvalue weighted by atomic mass is 10.2. The van der Waals surface area contributed by atoms with Crippen LogP contribution in [0.1, 0.15) is 5.56 Å². The third-order valence-corrected chi connectivity index (χ3v) is 1.99. The van der Waals surface area contributed by atoms with E-state index >= 15 is 0 Å². The van der Waals surface area contributed by atoms with E-state index < -0.39 is 5.97 Å². The molecule has 0 amide bonds. The molecule has 0 spiro atoms. The van der Waals surface area contributed by atoms with Crippen LogP contribution >= 0.6 is 0 Å². The number of nitrogens with zero attached hydrogens (tertiary/aromatic N) is 1. The molecular weight excluding hydrogens is 206 g/mol. The molecule has 4 heteroatoms. The molecule has 0 aliphatic heterocycles. The first-order valence-corrected chi connectivity index (χ1v) is 4.51. The van der Waals surface area contributed by atoms with Gasteiger partial charge in [0.2, 0.25) is 0 Å². The summed E-state index contributed by atoms with van der Waals surface area (Å²) in [5.74, 6) is -0.491. The van der Waals surface area contributed by atoms with Crippen LogP contribution in [0.2, 0.25) is 0 Å². The number of fused-ring (bicyclic) bond motifs is 1. The van der Waals surface area contributed by atoms with Gasteiger partial charge in [0.05, 0.1) is 11.6 Å². The Hall–Kier alpha value is -2.54. The van der Waals surface area contributed by atoms with E-state index in [4.69, 9.17) is 14.4 Å². The molecule has 1 aromatic heterocycles. The number of esters is 1. The zero-order valence-electron chi connectivity index (χ0n) is 8.27. The van der Waals surface area contributed by atoms with Crippen molar-refractivity contribution in [3.63, 3.8) is 0 Å². The van der Waals surface area contributed by atoms with Crippen LogP contribution in [0.25, 0.3) is 11.0 Å². The van der Waals surface area contributed by atoms with Crippen molar-refractivity contribution >= 4 is 16.9 Å². The molecule has 78 valence electrons. The van der Waals surface area contributed by atoms with Crippen LogP contribution in [0.3, 0.4) is 0 Å². The van der Waals surface area contributed by atoms with Gasteiger partial charge in [-0.2, -0.15) is 5.26 Å². The van der Waals surface area contributed by atoms with Gasteiger partial charge >= 0.3 is 5.97 Å². The molecule has 0 aliphatic rings. The minimum absolute atomic E-state index is 0.0926. The molecule has 0 atom stereocenters. The van der Waals surface area contributed by atoms with Crippen molar-refractivity contribution in [1.29, 1.82) is 5.26 Å². The van der Waals surface area contributed by atoms with Crippen molar-refractivity contribution < 1.29 is 13.9 Å². The van der Waals surface area contributed by atoms with Gasteiger partial charge in [-0.3, -0.25) is 0 Å². The fraction of sp³-hybridized carbons (Fsp3) is 0. The zero-order chi connectivity index (χ0) is 11.5. The smallest absolute Gasteiger partial charge is 0.337 e. The predicted octanol–water partition coefficient (Wildman–Crippen LogP) is 2.40. The first-order valence-electron chi connectivity index (χ1n) is 4.51. The average molecular weight is 213 g/mol. The van der Waals surface area contributed by atoms with Crippen LogP contribution in [0.5, 0.6) is 5.95 Å². The number of carbonyl (C=O) groups is 1. The van der Waals surface area contributed by atoms with Gasteiger partial charge in [-0.05, 0) is 18.2 Å². The number of nitriles is 1. The van der Waals surface area contributed by atoms with Gasteiger partial charge in [0.25, 0.3) is 5.95 Å². The van der Waals surface area contributed by atoms with Crippen molar-refractivity contribution in [2.24, 2.45) is 0 Å². The standard InChI is InChI=1S/C12H7NO3/c1-2-11(14)16-12-6-9-5-8(7-13)3-4-10(9)15-12/h2-6H,1H2. The summed E-state index contributed by atoms with van der Waals surface area (Å²) < 4.78 is 10.1. The minimum Gasteiger partial charge on any atom is -0.425 e. The Morgan fingerprint density at radius 1 is 1.50 bits per heavy atom. The van der Waals surface area contributed by atoms with Crippen LogP contribution in [0.15, 0.2) is 41.3 Å². The number of carbonyl (C=O) groups excluding carboxylic acids is 1. The van der Waals surface area contributed by atoms with E-state index in [1.807, 2.05) is 6.07 Å². The Balaban J connectivity index is 2.40. The molecule has 0 unspecified atom stereocenters. The molecule has 0 saturated carbocycles. The second-order valence-electron chi connectivity index (χ2n) is 3.06. The topological polar surface area (TPSA) is 63.2 Å². The molecule has 1 heterocycles. The van der Waals surface area contributed by atoms with Gasteiger partial charge in [0.15, 0.2) is 0 Å². The number of ether oxygens (including phenoxy) is 1. The molecule has 0 bridgehead atoms. The van der Waals surface area contributed by atoms with Crippen LogP contribution in [-0.2, 0) is 4.79 Å². The monoisotopic (exact) mass is 213 g/mol. The Morgan fingerprint density at radius 3 is 3.00 bits per heavy atom. The van der Waals surface area contributed by atoms with Gasteiger partial charge in [0.1, 0.15) is 5.58 Å². The van der Waals surface area contributed by atoms with E-state index in [2.05, 4.69) is 6.58 Å². The highest BCUT2D eigenvalue weighted by Gasteiger charge is 2.07. The van der Waals surface area contributed by atoms with Gasteiger partial charge in [0, 0.05) is 17.5 Å². The second-order valence-corrected chi connectivity index (χ2v) is 3.06. The predicted molar refractivity (Wildman–Crippen MR) is 56.8 cm³/mol. The van der Waals surface area contributed by atoms with Crippen molar-refractivity contribution in [1.82, 2.24) is 0 Å². The third kappa shape index (κ3) is 1.79. The number of furan rings is 1.